The van der Waals surface area contributed by atoms with Gasteiger partial charge in [0.2, 0.25) is 0 Å². The first-order valence-corrected chi connectivity index (χ1v) is 7.31. The average Bonchev–Trinajstić information content (AvgIpc) is 2.56. The lowest BCUT2D eigenvalue weighted by Crippen LogP contribution is -2.42. The topological polar surface area (TPSA) is 55.3 Å². The van der Waals surface area contributed by atoms with E-state index in [1.807, 2.05) is 0 Å². The second-order valence-electron chi connectivity index (χ2n) is 5.26. The predicted molar refractivity (Wildman–Crippen MR) is 77.9 cm³/mol. The molecule has 1 fully saturated rings. The van der Waals surface area contributed by atoms with E-state index in [1.54, 1.807) is 23.4 Å². The largest absolute Gasteiger partial charge is 0.460 e. The van der Waals surface area contributed by atoms with Crippen LogP contribution in [0, 0.1) is 11.6 Å². The molecule has 2 heterocycles. The number of hydrogen-bond donors (Lipinski definition) is 0. The fourth-order valence-electron chi connectivity index (χ4n) is 2.51. The Morgan fingerprint density at radius 3 is 2.52 bits per heavy atom. The number of aromatic nitrogens is 2. The first kappa shape index (κ1) is 15.3. The summed E-state index contributed by atoms with van der Waals surface area (Å²) in [6.45, 7) is 0.875. The van der Waals surface area contributed by atoms with Crippen molar-refractivity contribution >= 4 is 5.91 Å². The number of nitrogens with zero attached hydrogens (tertiary/aromatic N) is 3. The lowest BCUT2D eigenvalue weighted by Gasteiger charge is -2.31. The van der Waals surface area contributed by atoms with E-state index in [0.717, 1.165) is 12.1 Å². The van der Waals surface area contributed by atoms with Crippen LogP contribution < -0.4 is 4.74 Å². The highest BCUT2D eigenvalue weighted by molar-refractivity contribution is 5.94. The third kappa shape index (κ3) is 3.61. The van der Waals surface area contributed by atoms with Crippen LogP contribution in [0.2, 0.25) is 0 Å². The highest BCUT2D eigenvalue weighted by Crippen LogP contribution is 2.19. The average molecular weight is 319 g/mol. The molecule has 120 valence electrons. The fraction of sp³-hybridized carbons (Fsp3) is 0.312. The number of rotatable bonds is 3. The predicted octanol–water partition coefficient (Wildman–Crippen LogP) is 2.44. The molecule has 1 amide bonds. The Bertz CT molecular complexity index is 689. The maximum atomic E-state index is 13.7. The van der Waals surface area contributed by atoms with Crippen molar-refractivity contribution in [3.8, 4) is 6.01 Å². The van der Waals surface area contributed by atoms with Gasteiger partial charge in [0.25, 0.3) is 5.91 Å². The van der Waals surface area contributed by atoms with E-state index in [1.165, 1.54) is 6.07 Å². The summed E-state index contributed by atoms with van der Waals surface area (Å²) < 4.78 is 32.3. The maximum Gasteiger partial charge on any atom is 0.316 e. The van der Waals surface area contributed by atoms with Gasteiger partial charge in [-0.1, -0.05) is 0 Å². The van der Waals surface area contributed by atoms with E-state index in [-0.39, 0.29) is 11.7 Å². The molecule has 2 aromatic rings. The van der Waals surface area contributed by atoms with E-state index >= 15 is 0 Å². The van der Waals surface area contributed by atoms with Crippen LogP contribution in [0.3, 0.4) is 0 Å². The van der Waals surface area contributed by atoms with Crippen LogP contribution in [0.5, 0.6) is 6.01 Å². The molecule has 0 radical (unpaired) electrons. The zero-order valence-corrected chi connectivity index (χ0v) is 12.3. The van der Waals surface area contributed by atoms with E-state index in [0.29, 0.717) is 31.9 Å². The molecule has 3 rings (SSSR count). The minimum atomic E-state index is -0.842. The lowest BCUT2D eigenvalue weighted by atomic mass is 10.1. The summed E-state index contributed by atoms with van der Waals surface area (Å²) in [5.74, 6) is -1.98. The molecule has 0 bridgehead atoms. The molecule has 0 aliphatic carbocycles. The fourth-order valence-corrected chi connectivity index (χ4v) is 2.51. The molecule has 0 spiro atoms. The Morgan fingerprint density at radius 1 is 1.17 bits per heavy atom. The molecule has 5 nitrogen and oxygen atoms in total. The molecule has 1 aromatic carbocycles. The molecule has 0 unspecified atom stereocenters. The van der Waals surface area contributed by atoms with E-state index in [9.17, 15) is 13.6 Å². The van der Waals surface area contributed by atoms with E-state index in [2.05, 4.69) is 9.97 Å². The third-order valence-corrected chi connectivity index (χ3v) is 3.70. The molecule has 1 aliphatic heterocycles. The van der Waals surface area contributed by atoms with Crippen LogP contribution >= 0.6 is 0 Å². The van der Waals surface area contributed by atoms with Gasteiger partial charge in [0.05, 0.1) is 5.56 Å². The van der Waals surface area contributed by atoms with Crippen molar-refractivity contribution in [1.82, 2.24) is 14.9 Å². The van der Waals surface area contributed by atoms with Crippen molar-refractivity contribution in [2.24, 2.45) is 0 Å². The van der Waals surface area contributed by atoms with Crippen molar-refractivity contribution in [2.75, 3.05) is 13.1 Å². The Balaban J connectivity index is 1.59. The highest BCUT2D eigenvalue weighted by Gasteiger charge is 2.26. The normalized spacial score (nSPS) is 15.5. The number of benzene rings is 1. The van der Waals surface area contributed by atoms with Crippen molar-refractivity contribution in [3.05, 3.63) is 53.9 Å². The number of carbonyl (C=O) groups excluding carboxylic acids is 1. The first-order chi connectivity index (χ1) is 11.1. The van der Waals surface area contributed by atoms with Crippen LogP contribution in [-0.2, 0) is 0 Å². The van der Waals surface area contributed by atoms with Crippen molar-refractivity contribution in [3.63, 3.8) is 0 Å². The number of hydrogen-bond acceptors (Lipinski definition) is 4. The van der Waals surface area contributed by atoms with E-state index in [4.69, 9.17) is 4.74 Å². The summed E-state index contributed by atoms with van der Waals surface area (Å²) in [5, 5.41) is 0. The van der Waals surface area contributed by atoms with Crippen LogP contribution in [0.25, 0.3) is 0 Å². The summed E-state index contributed by atoms with van der Waals surface area (Å²) in [6.07, 6.45) is 4.32. The van der Waals surface area contributed by atoms with Crippen LogP contribution in [-0.4, -0.2) is 40.0 Å². The summed E-state index contributed by atoms with van der Waals surface area (Å²) in [7, 11) is 0. The number of carbonyl (C=O) groups is 1. The molecule has 7 heteroatoms. The van der Waals surface area contributed by atoms with Gasteiger partial charge in [-0.15, -0.1) is 0 Å². The second kappa shape index (κ2) is 6.68. The summed E-state index contributed by atoms with van der Waals surface area (Å²) in [6, 6.07) is 4.98. The van der Waals surface area contributed by atoms with E-state index < -0.39 is 17.5 Å². The maximum absolute atomic E-state index is 13.7. The Labute approximate surface area is 131 Å². The smallest absolute Gasteiger partial charge is 0.316 e. The van der Waals surface area contributed by atoms with Crippen LogP contribution in [0.1, 0.15) is 23.2 Å². The second-order valence-corrected chi connectivity index (χ2v) is 5.26. The molecule has 1 aliphatic rings. The number of halogens is 2. The highest BCUT2D eigenvalue weighted by atomic mass is 19.1. The van der Waals surface area contributed by atoms with Gasteiger partial charge in [0.15, 0.2) is 0 Å². The minimum absolute atomic E-state index is 0.0838. The summed E-state index contributed by atoms with van der Waals surface area (Å²) in [5.41, 5.74) is -0.114. The monoisotopic (exact) mass is 319 g/mol. The van der Waals surface area contributed by atoms with Gasteiger partial charge in [0, 0.05) is 44.4 Å². The Morgan fingerprint density at radius 2 is 1.87 bits per heavy atom. The molecule has 1 aromatic heterocycles. The molecule has 0 atom stereocenters. The van der Waals surface area contributed by atoms with Gasteiger partial charge >= 0.3 is 6.01 Å². The van der Waals surface area contributed by atoms with Gasteiger partial charge in [-0.05, 0) is 18.2 Å². The molecule has 23 heavy (non-hydrogen) atoms. The zero-order valence-electron chi connectivity index (χ0n) is 12.3. The quantitative estimate of drug-likeness (QED) is 0.872. The number of amides is 1. The standard InChI is InChI=1S/C16H15F2N3O2/c17-11-2-3-13(14(18)10-11)15(22)21-8-4-12(5-9-21)23-16-19-6-1-7-20-16/h1-3,6-7,10,12H,4-5,8-9H2. The first-order valence-electron chi connectivity index (χ1n) is 7.31. The van der Waals surface area contributed by atoms with Gasteiger partial charge in [-0.3, -0.25) is 4.79 Å². The lowest BCUT2D eigenvalue weighted by molar-refractivity contribution is 0.0574. The Hall–Kier alpha value is -2.57. The van der Waals surface area contributed by atoms with Gasteiger partial charge < -0.3 is 9.64 Å². The van der Waals surface area contributed by atoms with Gasteiger partial charge in [-0.25, -0.2) is 18.7 Å². The molecular formula is C16H15F2N3O2. The van der Waals surface area contributed by atoms with Crippen molar-refractivity contribution < 1.29 is 18.3 Å². The molecular weight excluding hydrogens is 304 g/mol. The Kier molecular flexibility index (Phi) is 4.45. The van der Waals surface area contributed by atoms with Crippen molar-refractivity contribution in [1.29, 1.82) is 0 Å². The van der Waals surface area contributed by atoms with Gasteiger partial charge in [0.1, 0.15) is 17.7 Å². The van der Waals surface area contributed by atoms with Crippen LogP contribution in [0.15, 0.2) is 36.7 Å². The van der Waals surface area contributed by atoms with Crippen molar-refractivity contribution in [2.45, 2.75) is 18.9 Å². The third-order valence-electron chi connectivity index (χ3n) is 3.70. The zero-order chi connectivity index (χ0) is 16.2. The number of piperidine rings is 1. The summed E-state index contributed by atoms with van der Waals surface area (Å²) in [4.78, 5) is 21.8. The van der Waals surface area contributed by atoms with Gasteiger partial charge in [-0.2, -0.15) is 0 Å². The summed E-state index contributed by atoms with van der Waals surface area (Å²) >= 11 is 0. The number of likely N-dealkylation sites (tertiary alicyclic amines) is 1. The van der Waals surface area contributed by atoms with Crippen LogP contribution in [0.4, 0.5) is 8.78 Å². The molecule has 0 saturated carbocycles. The molecule has 1 saturated heterocycles. The minimum Gasteiger partial charge on any atom is -0.460 e. The molecule has 0 N–H and O–H groups in total. The SMILES string of the molecule is O=C(c1ccc(F)cc1F)N1CCC(Oc2ncccn2)CC1. The number of ether oxygens (including phenoxy) is 1.